The van der Waals surface area contributed by atoms with Gasteiger partial charge in [0.1, 0.15) is 5.82 Å². The lowest BCUT2D eigenvalue weighted by Crippen LogP contribution is -2.00. The number of alkyl halides is 1. The van der Waals surface area contributed by atoms with E-state index in [-0.39, 0.29) is 5.97 Å². The number of halogens is 1. The number of imidazole rings is 1. The first-order valence-electron chi connectivity index (χ1n) is 4.37. The minimum Gasteiger partial charge on any atom is -0.465 e. The number of nitrogens with one attached hydrogen (secondary N) is 1. The van der Waals surface area contributed by atoms with Gasteiger partial charge in [0.2, 0.25) is 0 Å². The molecular formula is C10H9ClN2O2. The highest BCUT2D eigenvalue weighted by Gasteiger charge is 2.08. The van der Waals surface area contributed by atoms with Crippen molar-refractivity contribution < 1.29 is 9.53 Å². The molecule has 0 radical (unpaired) electrons. The molecule has 2 aromatic rings. The van der Waals surface area contributed by atoms with Crippen LogP contribution in [0.1, 0.15) is 16.2 Å². The van der Waals surface area contributed by atoms with Crippen molar-refractivity contribution in [2.75, 3.05) is 7.11 Å². The molecule has 0 atom stereocenters. The Morgan fingerprint density at radius 2 is 2.40 bits per heavy atom. The third kappa shape index (κ3) is 1.80. The molecule has 5 heteroatoms. The largest absolute Gasteiger partial charge is 0.465 e. The fourth-order valence-electron chi connectivity index (χ4n) is 1.37. The van der Waals surface area contributed by atoms with Crippen LogP contribution in [0.4, 0.5) is 0 Å². The molecule has 0 aliphatic heterocycles. The van der Waals surface area contributed by atoms with E-state index in [1.165, 1.54) is 7.11 Å². The molecule has 78 valence electrons. The van der Waals surface area contributed by atoms with Crippen LogP contribution < -0.4 is 0 Å². The minimum absolute atomic E-state index is 0.322. The van der Waals surface area contributed by atoms with E-state index in [2.05, 4.69) is 14.7 Å². The Morgan fingerprint density at radius 3 is 3.07 bits per heavy atom. The molecular weight excluding hydrogens is 216 g/mol. The minimum atomic E-state index is -0.368. The molecule has 0 aliphatic rings. The van der Waals surface area contributed by atoms with Gasteiger partial charge in [-0.3, -0.25) is 0 Å². The Balaban J connectivity index is 2.50. The number of H-pyrrole nitrogens is 1. The number of hydrogen-bond donors (Lipinski definition) is 1. The average molecular weight is 225 g/mol. The van der Waals surface area contributed by atoms with E-state index in [0.717, 1.165) is 5.52 Å². The number of ether oxygens (including phenoxy) is 1. The summed E-state index contributed by atoms with van der Waals surface area (Å²) >= 11 is 5.64. The Hall–Kier alpha value is -1.55. The maximum Gasteiger partial charge on any atom is 0.337 e. The summed E-state index contributed by atoms with van der Waals surface area (Å²) < 4.78 is 4.62. The number of methoxy groups -OCH3 is 1. The van der Waals surface area contributed by atoms with Gasteiger partial charge in [0.05, 0.1) is 29.6 Å². The zero-order valence-corrected chi connectivity index (χ0v) is 8.84. The van der Waals surface area contributed by atoms with Crippen molar-refractivity contribution >= 4 is 28.6 Å². The summed E-state index contributed by atoms with van der Waals surface area (Å²) in [6, 6.07) is 5.14. The fraction of sp³-hybridized carbons (Fsp3) is 0.200. The lowest BCUT2D eigenvalue weighted by Gasteiger charge is -1.97. The molecule has 15 heavy (non-hydrogen) atoms. The number of carbonyl (C=O) groups excluding carboxylic acids is 1. The highest BCUT2D eigenvalue weighted by Crippen LogP contribution is 2.15. The highest BCUT2D eigenvalue weighted by atomic mass is 35.5. The van der Waals surface area contributed by atoms with Crippen molar-refractivity contribution in [1.29, 1.82) is 0 Å². The van der Waals surface area contributed by atoms with Crippen LogP contribution >= 0.6 is 11.6 Å². The molecule has 4 nitrogen and oxygen atoms in total. The molecule has 1 aromatic carbocycles. The SMILES string of the molecule is COC(=O)c1ccc2[nH]c(CCl)nc2c1. The van der Waals surface area contributed by atoms with Crippen molar-refractivity contribution in [2.45, 2.75) is 5.88 Å². The van der Waals surface area contributed by atoms with Gasteiger partial charge in [-0.1, -0.05) is 0 Å². The van der Waals surface area contributed by atoms with E-state index in [0.29, 0.717) is 22.8 Å². The zero-order chi connectivity index (χ0) is 10.8. The summed E-state index contributed by atoms with van der Waals surface area (Å²) in [5.41, 5.74) is 2.06. The van der Waals surface area contributed by atoms with Crippen molar-refractivity contribution in [3.05, 3.63) is 29.6 Å². The smallest absolute Gasteiger partial charge is 0.337 e. The lowest BCUT2D eigenvalue weighted by molar-refractivity contribution is 0.0601. The molecule has 0 aliphatic carbocycles. The number of fused-ring (bicyclic) bond motifs is 1. The predicted octanol–water partition coefficient (Wildman–Crippen LogP) is 2.09. The molecule has 0 amide bonds. The van der Waals surface area contributed by atoms with Gasteiger partial charge < -0.3 is 9.72 Å². The summed E-state index contributed by atoms with van der Waals surface area (Å²) in [6.07, 6.45) is 0. The van der Waals surface area contributed by atoms with Gasteiger partial charge in [-0.05, 0) is 18.2 Å². The number of esters is 1. The summed E-state index contributed by atoms with van der Waals surface area (Å²) in [7, 11) is 1.35. The molecule has 1 N–H and O–H groups in total. The van der Waals surface area contributed by atoms with Gasteiger partial charge in [0.15, 0.2) is 0 Å². The third-order valence-electron chi connectivity index (χ3n) is 2.08. The maximum absolute atomic E-state index is 11.2. The van der Waals surface area contributed by atoms with E-state index in [1.54, 1.807) is 18.2 Å². The van der Waals surface area contributed by atoms with Crippen LogP contribution in [0.3, 0.4) is 0 Å². The van der Waals surface area contributed by atoms with Crippen molar-refractivity contribution in [3.8, 4) is 0 Å². The lowest BCUT2D eigenvalue weighted by atomic mass is 10.2. The van der Waals surface area contributed by atoms with Gasteiger partial charge in [-0.25, -0.2) is 9.78 Å². The number of carbonyl (C=O) groups is 1. The normalized spacial score (nSPS) is 10.5. The van der Waals surface area contributed by atoms with Gasteiger partial charge >= 0.3 is 5.97 Å². The monoisotopic (exact) mass is 224 g/mol. The van der Waals surface area contributed by atoms with Crippen LogP contribution in [0.2, 0.25) is 0 Å². The number of aromatic nitrogens is 2. The average Bonchev–Trinajstić information content (AvgIpc) is 2.69. The predicted molar refractivity (Wildman–Crippen MR) is 57.0 cm³/mol. The second-order valence-corrected chi connectivity index (χ2v) is 3.31. The van der Waals surface area contributed by atoms with Crippen molar-refractivity contribution in [2.24, 2.45) is 0 Å². The van der Waals surface area contributed by atoms with Crippen LogP contribution in [-0.4, -0.2) is 23.0 Å². The number of rotatable bonds is 2. The Morgan fingerprint density at radius 1 is 1.60 bits per heavy atom. The molecule has 0 saturated heterocycles. The first-order valence-corrected chi connectivity index (χ1v) is 4.91. The Labute approximate surface area is 91.2 Å². The molecule has 0 unspecified atom stereocenters. The second kappa shape index (κ2) is 3.90. The summed E-state index contributed by atoms with van der Waals surface area (Å²) in [5.74, 6) is 0.642. The number of benzene rings is 1. The van der Waals surface area contributed by atoms with Gasteiger partial charge in [0, 0.05) is 0 Å². The van der Waals surface area contributed by atoms with Crippen LogP contribution in [0.5, 0.6) is 0 Å². The van der Waals surface area contributed by atoms with Gasteiger partial charge in [-0.15, -0.1) is 11.6 Å². The summed E-state index contributed by atoms with van der Waals surface area (Å²) in [4.78, 5) is 18.5. The van der Waals surface area contributed by atoms with E-state index in [4.69, 9.17) is 11.6 Å². The van der Waals surface area contributed by atoms with Crippen LogP contribution in [0, 0.1) is 0 Å². The molecule has 1 heterocycles. The third-order valence-corrected chi connectivity index (χ3v) is 2.33. The number of nitrogens with zero attached hydrogens (tertiary/aromatic N) is 1. The summed E-state index contributed by atoms with van der Waals surface area (Å²) in [6.45, 7) is 0. The molecule has 2 rings (SSSR count). The Kier molecular flexibility index (Phi) is 2.60. The van der Waals surface area contributed by atoms with E-state index in [1.807, 2.05) is 0 Å². The molecule has 0 saturated carbocycles. The molecule has 0 fully saturated rings. The topological polar surface area (TPSA) is 55.0 Å². The number of hydrogen-bond acceptors (Lipinski definition) is 3. The highest BCUT2D eigenvalue weighted by molar-refractivity contribution is 6.16. The molecule has 1 aromatic heterocycles. The second-order valence-electron chi connectivity index (χ2n) is 3.04. The van der Waals surface area contributed by atoms with Gasteiger partial charge in [0.25, 0.3) is 0 Å². The quantitative estimate of drug-likeness (QED) is 0.628. The Bertz CT molecular complexity index is 507. The van der Waals surface area contributed by atoms with Crippen molar-refractivity contribution in [3.63, 3.8) is 0 Å². The fourth-order valence-corrected chi connectivity index (χ4v) is 1.49. The summed E-state index contributed by atoms with van der Waals surface area (Å²) in [5, 5.41) is 0. The molecule has 0 spiro atoms. The van der Waals surface area contributed by atoms with E-state index in [9.17, 15) is 4.79 Å². The standard InChI is InChI=1S/C10H9ClN2O2/c1-15-10(14)6-2-3-7-8(4-6)13-9(5-11)12-7/h2-4H,5H2,1H3,(H,12,13). The van der Waals surface area contributed by atoms with Crippen LogP contribution in [-0.2, 0) is 10.6 Å². The molecule has 0 bridgehead atoms. The zero-order valence-electron chi connectivity index (χ0n) is 8.08. The van der Waals surface area contributed by atoms with Crippen LogP contribution in [0.15, 0.2) is 18.2 Å². The first kappa shape index (κ1) is 9.98. The first-order chi connectivity index (χ1) is 7.24. The van der Waals surface area contributed by atoms with Crippen LogP contribution in [0.25, 0.3) is 11.0 Å². The van der Waals surface area contributed by atoms with Gasteiger partial charge in [-0.2, -0.15) is 0 Å². The number of aromatic amines is 1. The van der Waals surface area contributed by atoms with E-state index < -0.39 is 0 Å². The maximum atomic E-state index is 11.2. The van der Waals surface area contributed by atoms with E-state index >= 15 is 0 Å². The van der Waals surface area contributed by atoms with Crippen molar-refractivity contribution in [1.82, 2.24) is 9.97 Å².